The minimum absolute atomic E-state index is 0.00484. The third kappa shape index (κ3) is 11.7. The smallest absolute Gasteiger partial charge is 0.407 e. The summed E-state index contributed by atoms with van der Waals surface area (Å²) in [6.07, 6.45) is 10.4. The summed E-state index contributed by atoms with van der Waals surface area (Å²) in [6.45, 7) is 8.66. The lowest BCUT2D eigenvalue weighted by Crippen LogP contribution is -2.33. The molecule has 10 heteroatoms. The lowest BCUT2D eigenvalue weighted by Gasteiger charge is -2.19. The van der Waals surface area contributed by atoms with E-state index in [1.54, 1.807) is 18.3 Å². The van der Waals surface area contributed by atoms with Crippen LogP contribution >= 0.6 is 22.9 Å². The van der Waals surface area contributed by atoms with Crippen molar-refractivity contribution in [3.63, 3.8) is 0 Å². The van der Waals surface area contributed by atoms with Crippen LogP contribution in [0, 0.1) is 5.92 Å². The van der Waals surface area contributed by atoms with Gasteiger partial charge in [0.05, 0.1) is 16.5 Å². The Morgan fingerprint density at radius 2 is 2.03 bits per heavy atom. The van der Waals surface area contributed by atoms with E-state index in [1.807, 2.05) is 45.9 Å². The van der Waals surface area contributed by atoms with Crippen molar-refractivity contribution in [2.45, 2.75) is 77.9 Å². The highest BCUT2D eigenvalue weighted by Crippen LogP contribution is 2.35. The minimum atomic E-state index is -0.505. The summed E-state index contributed by atoms with van der Waals surface area (Å²) in [5.74, 6) is 1.93. The lowest BCUT2D eigenvalue weighted by atomic mass is 10.1. The molecule has 0 aliphatic heterocycles. The zero-order valence-corrected chi connectivity index (χ0v) is 24.1. The number of nitrogens with one attached hydrogen (secondary N) is 2. The lowest BCUT2D eigenvalue weighted by molar-refractivity contribution is -0.121. The molecule has 0 spiro atoms. The van der Waals surface area contributed by atoms with Gasteiger partial charge in [-0.2, -0.15) is 0 Å². The summed E-state index contributed by atoms with van der Waals surface area (Å²) in [7, 11) is 0. The maximum Gasteiger partial charge on any atom is 0.407 e. The predicted molar refractivity (Wildman–Crippen MR) is 151 cm³/mol. The third-order valence-corrected chi connectivity index (χ3v) is 6.61. The fraction of sp³-hybridized carbons (Fsp3) is 0.536. The molecule has 8 nitrogen and oxygen atoms in total. The first kappa shape index (κ1) is 29.8. The normalized spacial score (nSPS) is 14.2. The van der Waals surface area contributed by atoms with E-state index in [1.165, 1.54) is 24.2 Å². The number of hydrogen-bond acceptors (Lipinski definition) is 7. The standard InChI is InChI=1S/C28H38ClN3O5S/c1-19(32-25(33)8-6-5-7-15-30-26(34)37-28(2,3)4)9-13-22-17-31-27(38-22)36-24-14-12-21(16-23(24)29)35-18-20-10-11-20/h9,12-14,16-17,19-20H,5-8,10-11,15,18H2,1-4H3,(H,30,34)(H,32,33)/b13-9+/t19-/m0/s1. The monoisotopic (exact) mass is 563 g/mol. The summed E-state index contributed by atoms with van der Waals surface area (Å²) in [5.41, 5.74) is -0.505. The van der Waals surface area contributed by atoms with Crippen LogP contribution in [0.1, 0.15) is 71.1 Å². The molecular weight excluding hydrogens is 526 g/mol. The Balaban J connectivity index is 1.32. The molecule has 3 rings (SSSR count). The number of ether oxygens (including phenoxy) is 3. The van der Waals surface area contributed by atoms with E-state index in [2.05, 4.69) is 15.6 Å². The predicted octanol–water partition coefficient (Wildman–Crippen LogP) is 6.98. The molecule has 38 heavy (non-hydrogen) atoms. The molecular formula is C28H38ClN3O5S. The molecule has 1 atom stereocenters. The van der Waals surface area contributed by atoms with Gasteiger partial charge in [0.2, 0.25) is 5.91 Å². The van der Waals surface area contributed by atoms with Crippen LogP contribution in [0.3, 0.4) is 0 Å². The van der Waals surface area contributed by atoms with Gasteiger partial charge in [-0.15, -0.1) is 0 Å². The van der Waals surface area contributed by atoms with E-state index in [0.717, 1.165) is 36.5 Å². The number of carbonyl (C=O) groups is 2. The zero-order valence-electron chi connectivity index (χ0n) is 22.6. The SMILES string of the molecule is C[C@@H](/C=C/c1cnc(Oc2ccc(OCC3CC3)cc2Cl)s1)NC(=O)CCCCCNC(=O)OC(C)(C)C. The van der Waals surface area contributed by atoms with Gasteiger partial charge in [-0.3, -0.25) is 4.79 Å². The molecule has 1 aliphatic carbocycles. The van der Waals surface area contributed by atoms with Crippen molar-refractivity contribution < 1.29 is 23.8 Å². The second-order valence-electron chi connectivity index (χ2n) is 10.4. The number of amides is 2. The highest BCUT2D eigenvalue weighted by atomic mass is 35.5. The largest absolute Gasteiger partial charge is 0.493 e. The average Bonchev–Trinajstić information content (AvgIpc) is 3.56. The number of rotatable bonds is 14. The van der Waals surface area contributed by atoms with Gasteiger partial charge in [-0.05, 0) is 77.5 Å². The minimum Gasteiger partial charge on any atom is -0.493 e. The van der Waals surface area contributed by atoms with Crippen molar-refractivity contribution in [1.29, 1.82) is 0 Å². The molecule has 1 aromatic heterocycles. The molecule has 2 N–H and O–H groups in total. The van der Waals surface area contributed by atoms with Crippen LogP contribution in [0.4, 0.5) is 4.79 Å². The van der Waals surface area contributed by atoms with E-state index in [0.29, 0.717) is 34.8 Å². The Morgan fingerprint density at radius 3 is 2.74 bits per heavy atom. The van der Waals surface area contributed by atoms with Gasteiger partial charge in [0.15, 0.2) is 0 Å². The zero-order chi connectivity index (χ0) is 27.5. The van der Waals surface area contributed by atoms with Crippen LogP contribution in [0.5, 0.6) is 16.7 Å². The number of alkyl carbamates (subject to hydrolysis) is 1. The average molecular weight is 564 g/mol. The summed E-state index contributed by atoms with van der Waals surface area (Å²) in [6, 6.07) is 5.28. The summed E-state index contributed by atoms with van der Waals surface area (Å²) in [5, 5.41) is 6.66. The van der Waals surface area contributed by atoms with Crippen molar-refractivity contribution in [2.75, 3.05) is 13.2 Å². The van der Waals surface area contributed by atoms with Crippen molar-refractivity contribution in [3.8, 4) is 16.7 Å². The molecule has 208 valence electrons. The van der Waals surface area contributed by atoms with Crippen LogP contribution in [-0.2, 0) is 9.53 Å². The van der Waals surface area contributed by atoms with Crippen LogP contribution in [-0.4, -0.2) is 41.8 Å². The molecule has 1 aliphatic rings. The number of benzene rings is 1. The Morgan fingerprint density at radius 1 is 1.24 bits per heavy atom. The fourth-order valence-corrected chi connectivity index (χ4v) is 4.25. The molecule has 1 saturated carbocycles. The van der Waals surface area contributed by atoms with E-state index in [4.69, 9.17) is 25.8 Å². The molecule has 1 aromatic carbocycles. The van der Waals surface area contributed by atoms with Crippen molar-refractivity contribution >= 4 is 41.0 Å². The van der Waals surface area contributed by atoms with Crippen molar-refractivity contribution in [3.05, 3.63) is 40.4 Å². The Bertz CT molecular complexity index is 1090. The summed E-state index contributed by atoms with van der Waals surface area (Å²) < 4.78 is 16.8. The Hall–Kier alpha value is -2.78. The second-order valence-corrected chi connectivity index (χ2v) is 11.9. The Labute approximate surface area is 234 Å². The van der Waals surface area contributed by atoms with Gasteiger partial charge in [-0.25, -0.2) is 9.78 Å². The first-order chi connectivity index (χ1) is 18.1. The molecule has 2 amide bonds. The molecule has 0 radical (unpaired) electrons. The topological polar surface area (TPSA) is 98.8 Å². The molecule has 0 bridgehead atoms. The molecule has 2 aromatic rings. The van der Waals surface area contributed by atoms with Gasteiger partial charge in [0.1, 0.15) is 17.1 Å². The number of hydrogen-bond donors (Lipinski definition) is 2. The highest BCUT2D eigenvalue weighted by molar-refractivity contribution is 7.14. The van der Waals surface area contributed by atoms with Gasteiger partial charge >= 0.3 is 6.09 Å². The first-order valence-electron chi connectivity index (χ1n) is 13.1. The van der Waals surface area contributed by atoms with Crippen molar-refractivity contribution in [1.82, 2.24) is 15.6 Å². The maximum atomic E-state index is 12.2. The molecule has 0 unspecified atom stereocenters. The van der Waals surface area contributed by atoms with E-state index >= 15 is 0 Å². The van der Waals surface area contributed by atoms with Gasteiger partial charge in [0.25, 0.3) is 5.19 Å². The van der Waals surface area contributed by atoms with E-state index < -0.39 is 11.7 Å². The van der Waals surface area contributed by atoms with Crippen LogP contribution < -0.4 is 20.1 Å². The number of thiazole rings is 1. The van der Waals surface area contributed by atoms with Gasteiger partial charge < -0.3 is 24.8 Å². The first-order valence-corrected chi connectivity index (χ1v) is 14.3. The molecule has 0 saturated heterocycles. The number of aromatic nitrogens is 1. The number of halogens is 1. The summed E-state index contributed by atoms with van der Waals surface area (Å²) in [4.78, 5) is 29.0. The Kier molecular flexibility index (Phi) is 11.3. The van der Waals surface area contributed by atoms with Gasteiger partial charge in [0, 0.05) is 31.3 Å². The second kappa shape index (κ2) is 14.4. The van der Waals surface area contributed by atoms with Crippen LogP contribution in [0.15, 0.2) is 30.5 Å². The number of nitrogens with zero attached hydrogens (tertiary/aromatic N) is 1. The van der Waals surface area contributed by atoms with Crippen LogP contribution in [0.25, 0.3) is 6.08 Å². The number of unbranched alkanes of at least 4 members (excludes halogenated alkanes) is 2. The van der Waals surface area contributed by atoms with Crippen LogP contribution in [0.2, 0.25) is 5.02 Å². The van der Waals surface area contributed by atoms with E-state index in [9.17, 15) is 9.59 Å². The third-order valence-electron chi connectivity index (χ3n) is 5.47. The maximum absolute atomic E-state index is 12.2. The highest BCUT2D eigenvalue weighted by Gasteiger charge is 2.22. The van der Waals surface area contributed by atoms with E-state index in [-0.39, 0.29) is 11.9 Å². The molecule has 1 fully saturated rings. The number of carbonyl (C=O) groups excluding carboxylic acids is 2. The quantitative estimate of drug-likeness (QED) is 0.241. The summed E-state index contributed by atoms with van der Waals surface area (Å²) >= 11 is 7.75. The molecule has 1 heterocycles. The fourth-order valence-electron chi connectivity index (χ4n) is 3.35. The van der Waals surface area contributed by atoms with Gasteiger partial charge in [-0.1, -0.05) is 35.4 Å². The van der Waals surface area contributed by atoms with Crippen molar-refractivity contribution in [2.24, 2.45) is 5.92 Å².